The van der Waals surface area contributed by atoms with E-state index in [2.05, 4.69) is 15.0 Å². The summed E-state index contributed by atoms with van der Waals surface area (Å²) in [6.07, 6.45) is 2.01. The number of carbonyl (C=O) groups excluding carboxylic acids is 1. The highest BCUT2D eigenvalue weighted by molar-refractivity contribution is 5.76. The molecule has 0 bridgehead atoms. The molecule has 0 N–H and O–H groups in total. The van der Waals surface area contributed by atoms with Crippen LogP contribution in [0.2, 0.25) is 0 Å². The van der Waals surface area contributed by atoms with Gasteiger partial charge in [-0.3, -0.25) is 9.59 Å². The fourth-order valence-electron chi connectivity index (χ4n) is 3.61. The average molecular weight is 419 g/mol. The molecule has 1 aliphatic heterocycles. The summed E-state index contributed by atoms with van der Waals surface area (Å²) in [5, 5.41) is 4.44. The van der Waals surface area contributed by atoms with E-state index in [0.29, 0.717) is 18.8 Å². The Kier molecular flexibility index (Phi) is 6.26. The predicted octanol–water partition coefficient (Wildman–Crippen LogP) is 2.05. The molecule has 0 saturated carbocycles. The molecule has 8 nitrogen and oxygen atoms in total. The fourth-order valence-corrected chi connectivity index (χ4v) is 3.61. The fraction of sp³-hybridized carbons (Fsp3) is 0.304. The van der Waals surface area contributed by atoms with Crippen LogP contribution >= 0.6 is 0 Å². The molecule has 3 aromatic rings. The van der Waals surface area contributed by atoms with Crippen molar-refractivity contribution in [1.29, 1.82) is 0 Å². The molecule has 3 heterocycles. The number of nitrogens with zero attached hydrogens (tertiary/aromatic N) is 5. The molecule has 1 fully saturated rings. The first-order valence-corrected chi connectivity index (χ1v) is 10.3. The molecule has 0 atom stereocenters. The number of methoxy groups -OCH3 is 1. The average Bonchev–Trinajstić information content (AvgIpc) is 2.84. The Balaban J connectivity index is 1.35. The summed E-state index contributed by atoms with van der Waals surface area (Å²) in [5.74, 6) is 1.72. The topological polar surface area (TPSA) is 80.6 Å². The highest BCUT2D eigenvalue weighted by Gasteiger charge is 2.21. The van der Waals surface area contributed by atoms with Gasteiger partial charge < -0.3 is 14.5 Å². The van der Waals surface area contributed by atoms with Crippen molar-refractivity contribution in [3.63, 3.8) is 0 Å². The second kappa shape index (κ2) is 9.42. The Bertz CT molecular complexity index is 1070. The molecule has 160 valence electrons. The second-order valence-corrected chi connectivity index (χ2v) is 7.31. The van der Waals surface area contributed by atoms with Gasteiger partial charge in [-0.2, -0.15) is 5.10 Å². The van der Waals surface area contributed by atoms with Gasteiger partial charge in [0.2, 0.25) is 5.91 Å². The van der Waals surface area contributed by atoms with Crippen molar-refractivity contribution in [2.75, 3.05) is 38.2 Å². The third kappa shape index (κ3) is 4.91. The molecule has 4 rings (SSSR count). The molecule has 1 aromatic carbocycles. The lowest BCUT2D eigenvalue weighted by atomic mass is 10.1. The summed E-state index contributed by atoms with van der Waals surface area (Å²) in [7, 11) is 1.61. The van der Waals surface area contributed by atoms with E-state index in [1.54, 1.807) is 19.4 Å². The number of ether oxygens (including phenoxy) is 1. The van der Waals surface area contributed by atoms with Gasteiger partial charge in [0.15, 0.2) is 0 Å². The van der Waals surface area contributed by atoms with Gasteiger partial charge >= 0.3 is 0 Å². The molecule has 2 aromatic heterocycles. The van der Waals surface area contributed by atoms with E-state index in [9.17, 15) is 9.59 Å². The van der Waals surface area contributed by atoms with Crippen LogP contribution in [-0.4, -0.2) is 58.9 Å². The van der Waals surface area contributed by atoms with Crippen molar-refractivity contribution < 1.29 is 9.53 Å². The van der Waals surface area contributed by atoms with Gasteiger partial charge in [0.05, 0.1) is 19.3 Å². The van der Waals surface area contributed by atoms with Crippen LogP contribution in [0.4, 0.5) is 5.82 Å². The third-order valence-electron chi connectivity index (χ3n) is 5.40. The van der Waals surface area contributed by atoms with Gasteiger partial charge in [0.1, 0.15) is 11.6 Å². The number of benzene rings is 1. The number of pyridine rings is 1. The molecule has 0 radical (unpaired) electrons. The van der Waals surface area contributed by atoms with Crippen LogP contribution in [0.1, 0.15) is 6.42 Å². The summed E-state index contributed by atoms with van der Waals surface area (Å²) < 4.78 is 6.54. The maximum absolute atomic E-state index is 12.7. The van der Waals surface area contributed by atoms with Crippen LogP contribution in [0.25, 0.3) is 11.3 Å². The number of aromatic nitrogens is 3. The van der Waals surface area contributed by atoms with Gasteiger partial charge in [-0.25, -0.2) is 9.67 Å². The smallest absolute Gasteiger partial charge is 0.266 e. The molecule has 1 amide bonds. The van der Waals surface area contributed by atoms with E-state index in [1.807, 2.05) is 47.4 Å². The molecule has 0 unspecified atom stereocenters. The Morgan fingerprint density at radius 3 is 2.45 bits per heavy atom. The lowest BCUT2D eigenvalue weighted by Crippen LogP contribution is -2.49. The number of aryl methyl sites for hydroxylation is 1. The minimum Gasteiger partial charge on any atom is -0.497 e. The zero-order valence-electron chi connectivity index (χ0n) is 17.5. The summed E-state index contributed by atoms with van der Waals surface area (Å²) in [6, 6.07) is 16.5. The monoisotopic (exact) mass is 419 g/mol. The third-order valence-corrected chi connectivity index (χ3v) is 5.40. The first-order chi connectivity index (χ1) is 15.1. The van der Waals surface area contributed by atoms with Crippen LogP contribution in [0.5, 0.6) is 5.75 Å². The number of carbonyl (C=O) groups is 1. The minimum atomic E-state index is -0.218. The lowest BCUT2D eigenvalue weighted by molar-refractivity contribution is -0.131. The van der Waals surface area contributed by atoms with Crippen molar-refractivity contribution >= 4 is 11.7 Å². The lowest BCUT2D eigenvalue weighted by Gasteiger charge is -2.35. The predicted molar refractivity (Wildman–Crippen MR) is 118 cm³/mol. The van der Waals surface area contributed by atoms with Crippen molar-refractivity contribution in [3.05, 3.63) is 71.1 Å². The molecule has 1 aliphatic rings. The summed E-state index contributed by atoms with van der Waals surface area (Å²) in [4.78, 5) is 33.3. The first kappa shape index (κ1) is 20.6. The summed E-state index contributed by atoms with van der Waals surface area (Å²) in [6.45, 7) is 3.02. The Hall–Kier alpha value is -3.68. The highest BCUT2D eigenvalue weighted by atomic mass is 16.5. The van der Waals surface area contributed by atoms with E-state index >= 15 is 0 Å². The normalized spacial score (nSPS) is 13.8. The SMILES string of the molecule is COc1ccc(-c2ccc(=O)n(CCC(=O)N3CCN(c4ccccn4)CC3)n2)cc1. The minimum absolute atomic E-state index is 0.0317. The van der Waals surface area contributed by atoms with Crippen LogP contribution in [0, 0.1) is 0 Å². The molecular weight excluding hydrogens is 394 g/mol. The van der Waals surface area contributed by atoms with Gasteiger partial charge in [-0.15, -0.1) is 0 Å². The van der Waals surface area contributed by atoms with Gasteiger partial charge in [-0.05, 0) is 42.5 Å². The standard InChI is InChI=1S/C23H25N5O3/c1-31-19-7-5-18(6-8-19)20-9-10-23(30)28(25-20)13-11-22(29)27-16-14-26(15-17-27)21-4-2-3-12-24-21/h2-10,12H,11,13-17H2,1H3. The van der Waals surface area contributed by atoms with Crippen molar-refractivity contribution in [2.45, 2.75) is 13.0 Å². The molecule has 8 heteroatoms. The van der Waals surface area contributed by atoms with Crippen LogP contribution in [0.15, 0.2) is 65.6 Å². The summed E-state index contributed by atoms with van der Waals surface area (Å²) >= 11 is 0. The molecule has 0 aliphatic carbocycles. The zero-order valence-corrected chi connectivity index (χ0v) is 17.5. The number of rotatable bonds is 6. The van der Waals surface area contributed by atoms with E-state index in [1.165, 1.54) is 10.7 Å². The van der Waals surface area contributed by atoms with Crippen LogP contribution < -0.4 is 15.2 Å². The quantitative estimate of drug-likeness (QED) is 0.608. The Morgan fingerprint density at radius 1 is 1.00 bits per heavy atom. The van der Waals surface area contributed by atoms with E-state index in [0.717, 1.165) is 30.2 Å². The van der Waals surface area contributed by atoms with Crippen LogP contribution in [-0.2, 0) is 11.3 Å². The van der Waals surface area contributed by atoms with Gasteiger partial charge in [-0.1, -0.05) is 6.07 Å². The maximum atomic E-state index is 12.7. The van der Waals surface area contributed by atoms with Gasteiger partial charge in [0.25, 0.3) is 5.56 Å². The van der Waals surface area contributed by atoms with Crippen LogP contribution in [0.3, 0.4) is 0 Å². The molecule has 1 saturated heterocycles. The Labute approximate surface area is 180 Å². The van der Waals surface area contributed by atoms with E-state index in [4.69, 9.17) is 4.74 Å². The number of hydrogen-bond acceptors (Lipinski definition) is 6. The van der Waals surface area contributed by atoms with Gasteiger partial charge in [0, 0.05) is 50.4 Å². The van der Waals surface area contributed by atoms with E-state index in [-0.39, 0.29) is 24.4 Å². The van der Waals surface area contributed by atoms with Crippen molar-refractivity contribution in [2.24, 2.45) is 0 Å². The molecule has 31 heavy (non-hydrogen) atoms. The number of amides is 1. The number of hydrogen-bond donors (Lipinski definition) is 0. The zero-order chi connectivity index (χ0) is 21.6. The number of piperazine rings is 1. The maximum Gasteiger partial charge on any atom is 0.266 e. The van der Waals surface area contributed by atoms with Crippen molar-refractivity contribution in [3.8, 4) is 17.0 Å². The Morgan fingerprint density at radius 2 is 1.77 bits per heavy atom. The van der Waals surface area contributed by atoms with E-state index < -0.39 is 0 Å². The molecule has 0 spiro atoms. The highest BCUT2D eigenvalue weighted by Crippen LogP contribution is 2.19. The summed E-state index contributed by atoms with van der Waals surface area (Å²) in [5.41, 5.74) is 1.34. The van der Waals surface area contributed by atoms with Crippen molar-refractivity contribution in [1.82, 2.24) is 19.7 Å². The second-order valence-electron chi connectivity index (χ2n) is 7.31. The number of anilines is 1. The first-order valence-electron chi connectivity index (χ1n) is 10.3. The molecular formula is C23H25N5O3. The largest absolute Gasteiger partial charge is 0.497 e.